The number of rotatable bonds is 4. The van der Waals surface area contributed by atoms with Gasteiger partial charge in [0.15, 0.2) is 5.05 Å². The molecular weight excluding hydrogens is 200 g/mol. The Bertz CT molecular complexity index is 85.1. The van der Waals surface area contributed by atoms with Crippen LogP contribution in [0.1, 0.15) is 19.8 Å². The van der Waals surface area contributed by atoms with Crippen molar-refractivity contribution in [1.29, 1.82) is 0 Å². The summed E-state index contributed by atoms with van der Waals surface area (Å²) in [6.07, 6.45) is 1.98. The topological polar surface area (TPSA) is 9.23 Å². The maximum atomic E-state index is 5.12. The fraction of sp³-hybridized carbons (Fsp3) is 0.833. The molecule has 0 aliphatic heterocycles. The van der Waals surface area contributed by atoms with Crippen LogP contribution in [0, 0.1) is 0 Å². The minimum Gasteiger partial charge on any atom is -0.486 e. The van der Waals surface area contributed by atoms with E-state index in [0.717, 1.165) is 23.2 Å². The monoisotopic (exact) mass is 210 g/mol. The standard InChI is InChI=1S/C6H11BrOS/c1-2-3-6(9)8-5-4-7/h2-5H2,1H3. The molecule has 0 heterocycles. The Hall–Kier alpha value is 0.370. The van der Waals surface area contributed by atoms with Gasteiger partial charge >= 0.3 is 0 Å². The van der Waals surface area contributed by atoms with E-state index in [1.165, 1.54) is 0 Å². The highest BCUT2D eigenvalue weighted by atomic mass is 79.9. The van der Waals surface area contributed by atoms with Crippen molar-refractivity contribution >= 4 is 33.2 Å². The van der Waals surface area contributed by atoms with Crippen molar-refractivity contribution in [3.63, 3.8) is 0 Å². The second-order valence-electron chi connectivity index (χ2n) is 1.66. The molecule has 0 bridgehead atoms. The first-order chi connectivity index (χ1) is 4.31. The number of alkyl halides is 1. The van der Waals surface area contributed by atoms with E-state index in [-0.39, 0.29) is 0 Å². The summed E-state index contributed by atoms with van der Waals surface area (Å²) < 4.78 is 5.12. The second kappa shape index (κ2) is 6.49. The molecule has 0 atom stereocenters. The molecule has 0 aliphatic carbocycles. The molecule has 0 fully saturated rings. The summed E-state index contributed by atoms with van der Waals surface area (Å²) >= 11 is 8.12. The first-order valence-corrected chi connectivity index (χ1v) is 4.55. The van der Waals surface area contributed by atoms with E-state index in [4.69, 9.17) is 17.0 Å². The van der Waals surface area contributed by atoms with Crippen molar-refractivity contribution in [2.24, 2.45) is 0 Å². The van der Waals surface area contributed by atoms with Gasteiger partial charge in [0, 0.05) is 11.8 Å². The number of halogens is 1. The summed E-state index contributed by atoms with van der Waals surface area (Å²) in [5, 5.41) is 1.59. The maximum Gasteiger partial charge on any atom is 0.159 e. The van der Waals surface area contributed by atoms with Crippen LogP contribution in [0.5, 0.6) is 0 Å². The number of hydrogen-bond acceptors (Lipinski definition) is 2. The third kappa shape index (κ3) is 6.25. The van der Waals surface area contributed by atoms with Gasteiger partial charge in [-0.1, -0.05) is 22.9 Å². The molecule has 1 nitrogen and oxygen atoms in total. The molecule has 0 spiro atoms. The number of ether oxygens (including phenoxy) is 1. The molecule has 0 N–H and O–H groups in total. The average molecular weight is 211 g/mol. The first kappa shape index (κ1) is 9.37. The lowest BCUT2D eigenvalue weighted by Gasteiger charge is -2.02. The number of thiocarbonyl (C=S) groups is 1. The minimum absolute atomic E-state index is 0.693. The van der Waals surface area contributed by atoms with E-state index < -0.39 is 0 Å². The minimum atomic E-state index is 0.693. The Morgan fingerprint density at radius 3 is 2.78 bits per heavy atom. The van der Waals surface area contributed by atoms with Gasteiger partial charge in [-0.3, -0.25) is 0 Å². The average Bonchev–Trinajstić information content (AvgIpc) is 1.85. The van der Waals surface area contributed by atoms with Gasteiger partial charge in [0.2, 0.25) is 0 Å². The van der Waals surface area contributed by atoms with Crippen LogP contribution in [-0.4, -0.2) is 17.0 Å². The molecule has 0 unspecified atom stereocenters. The Morgan fingerprint density at radius 2 is 2.33 bits per heavy atom. The molecule has 0 aromatic heterocycles. The Labute approximate surface area is 69.9 Å². The fourth-order valence-corrected chi connectivity index (χ4v) is 0.878. The molecule has 0 aromatic carbocycles. The summed E-state index contributed by atoms with van der Waals surface area (Å²) in [5.74, 6) is 0. The quantitative estimate of drug-likeness (QED) is 0.522. The van der Waals surface area contributed by atoms with E-state index in [1.54, 1.807) is 0 Å². The van der Waals surface area contributed by atoms with Gasteiger partial charge < -0.3 is 4.74 Å². The van der Waals surface area contributed by atoms with Crippen molar-refractivity contribution in [3.05, 3.63) is 0 Å². The lowest BCUT2D eigenvalue weighted by molar-refractivity contribution is 0.331. The summed E-state index contributed by atoms with van der Waals surface area (Å²) in [6, 6.07) is 0. The third-order valence-electron chi connectivity index (χ3n) is 0.794. The zero-order valence-corrected chi connectivity index (χ0v) is 7.93. The third-order valence-corrected chi connectivity index (χ3v) is 1.44. The normalized spacial score (nSPS) is 9.11. The van der Waals surface area contributed by atoms with Crippen LogP contribution >= 0.6 is 28.1 Å². The van der Waals surface area contributed by atoms with Crippen molar-refractivity contribution < 1.29 is 4.74 Å². The Balaban J connectivity index is 3.06. The highest BCUT2D eigenvalue weighted by Crippen LogP contribution is 1.94. The van der Waals surface area contributed by atoms with Crippen LogP contribution < -0.4 is 0 Å². The van der Waals surface area contributed by atoms with Crippen LogP contribution in [0.3, 0.4) is 0 Å². The zero-order valence-electron chi connectivity index (χ0n) is 5.52. The van der Waals surface area contributed by atoms with E-state index >= 15 is 0 Å². The van der Waals surface area contributed by atoms with E-state index in [1.807, 2.05) is 0 Å². The molecule has 9 heavy (non-hydrogen) atoms. The molecule has 0 saturated carbocycles. The molecule has 0 rings (SSSR count). The van der Waals surface area contributed by atoms with E-state index in [9.17, 15) is 0 Å². The highest BCUT2D eigenvalue weighted by molar-refractivity contribution is 9.09. The summed E-state index contributed by atoms with van der Waals surface area (Å²) in [4.78, 5) is 0. The van der Waals surface area contributed by atoms with Crippen LogP contribution in [0.4, 0.5) is 0 Å². The summed E-state index contributed by atoms with van der Waals surface area (Å²) in [5.41, 5.74) is 0. The van der Waals surface area contributed by atoms with E-state index in [2.05, 4.69) is 22.9 Å². The van der Waals surface area contributed by atoms with Gasteiger partial charge in [-0.2, -0.15) is 0 Å². The van der Waals surface area contributed by atoms with Crippen molar-refractivity contribution in [3.8, 4) is 0 Å². The largest absolute Gasteiger partial charge is 0.486 e. The SMILES string of the molecule is CCCC(=S)OCCBr. The predicted octanol–water partition coefficient (Wildman–Crippen LogP) is 2.53. The fourth-order valence-electron chi connectivity index (χ4n) is 0.429. The molecule has 0 amide bonds. The highest BCUT2D eigenvalue weighted by Gasteiger charge is 1.92. The smallest absolute Gasteiger partial charge is 0.159 e. The molecule has 3 heteroatoms. The molecule has 54 valence electrons. The van der Waals surface area contributed by atoms with E-state index in [0.29, 0.717) is 6.61 Å². The Kier molecular flexibility index (Phi) is 6.76. The lowest BCUT2D eigenvalue weighted by Crippen LogP contribution is -2.02. The maximum absolute atomic E-state index is 5.12. The summed E-state index contributed by atoms with van der Waals surface area (Å²) in [6.45, 7) is 2.78. The van der Waals surface area contributed by atoms with Crippen LogP contribution in [-0.2, 0) is 4.74 Å². The molecule has 0 aromatic rings. The van der Waals surface area contributed by atoms with Crippen LogP contribution in [0.25, 0.3) is 0 Å². The lowest BCUT2D eigenvalue weighted by atomic mass is 10.4. The van der Waals surface area contributed by atoms with Gasteiger partial charge in [0.1, 0.15) is 0 Å². The predicted molar refractivity (Wildman–Crippen MR) is 47.3 cm³/mol. The van der Waals surface area contributed by atoms with Crippen molar-refractivity contribution in [2.45, 2.75) is 19.8 Å². The van der Waals surface area contributed by atoms with Gasteiger partial charge in [0.05, 0.1) is 6.61 Å². The Morgan fingerprint density at radius 1 is 1.67 bits per heavy atom. The van der Waals surface area contributed by atoms with Gasteiger partial charge in [-0.25, -0.2) is 0 Å². The second-order valence-corrected chi connectivity index (χ2v) is 2.91. The molecule has 0 radical (unpaired) electrons. The van der Waals surface area contributed by atoms with Crippen molar-refractivity contribution in [1.82, 2.24) is 0 Å². The summed E-state index contributed by atoms with van der Waals surface area (Å²) in [7, 11) is 0. The zero-order chi connectivity index (χ0) is 7.11. The first-order valence-electron chi connectivity index (χ1n) is 3.02. The molecular formula is C6H11BrOS. The van der Waals surface area contributed by atoms with Gasteiger partial charge in [-0.15, -0.1) is 0 Å². The van der Waals surface area contributed by atoms with Crippen molar-refractivity contribution in [2.75, 3.05) is 11.9 Å². The molecule has 0 saturated heterocycles. The molecule has 0 aliphatic rings. The number of hydrogen-bond donors (Lipinski definition) is 0. The van der Waals surface area contributed by atoms with Crippen LogP contribution in [0.2, 0.25) is 0 Å². The van der Waals surface area contributed by atoms with Gasteiger partial charge in [0.25, 0.3) is 0 Å². The van der Waals surface area contributed by atoms with Crippen LogP contribution in [0.15, 0.2) is 0 Å². The van der Waals surface area contributed by atoms with Gasteiger partial charge in [-0.05, 0) is 18.6 Å².